The minimum absolute atomic E-state index is 0.240. The van der Waals surface area contributed by atoms with Gasteiger partial charge in [0.15, 0.2) is 0 Å². The maximum absolute atomic E-state index is 15.1. The summed E-state index contributed by atoms with van der Waals surface area (Å²) in [6, 6.07) is 4.87. The molecule has 1 aliphatic carbocycles. The summed E-state index contributed by atoms with van der Waals surface area (Å²) in [7, 11) is 1.57. The molecule has 1 saturated carbocycles. The van der Waals surface area contributed by atoms with Crippen molar-refractivity contribution < 1.29 is 40.7 Å². The van der Waals surface area contributed by atoms with Crippen LogP contribution in [0.3, 0.4) is 0 Å². The minimum Gasteiger partial charge on any atom is -0.461 e. The molecule has 268 valence electrons. The zero-order valence-corrected chi connectivity index (χ0v) is 27.7. The van der Waals surface area contributed by atoms with Crippen molar-refractivity contribution in [1.82, 2.24) is 19.3 Å². The molecule has 0 spiro atoms. The van der Waals surface area contributed by atoms with Gasteiger partial charge in [-0.3, -0.25) is 9.59 Å². The van der Waals surface area contributed by atoms with Crippen LogP contribution in [0.4, 0.5) is 32.0 Å². The summed E-state index contributed by atoms with van der Waals surface area (Å²) in [6.45, 7) is 2.47. The first-order valence-electron chi connectivity index (χ1n) is 16.2. The van der Waals surface area contributed by atoms with Gasteiger partial charge in [-0.25, -0.2) is 22.9 Å². The van der Waals surface area contributed by atoms with E-state index in [0.29, 0.717) is 58.3 Å². The van der Waals surface area contributed by atoms with E-state index in [2.05, 4.69) is 10.3 Å². The molecule has 1 fully saturated rings. The van der Waals surface area contributed by atoms with Crippen molar-refractivity contribution in [2.75, 3.05) is 5.32 Å². The van der Waals surface area contributed by atoms with E-state index < -0.39 is 64.9 Å². The molecule has 1 amide bonds. The Balaban J connectivity index is 1.35. The van der Waals surface area contributed by atoms with Crippen molar-refractivity contribution in [3.63, 3.8) is 0 Å². The van der Waals surface area contributed by atoms with Crippen LogP contribution in [-0.4, -0.2) is 50.2 Å². The number of fused-ring (bicyclic) bond motifs is 2. The van der Waals surface area contributed by atoms with E-state index in [1.807, 2.05) is 5.32 Å². The highest BCUT2D eigenvalue weighted by atomic mass is 19.4. The number of nitrogens with zero attached hydrogens (tertiary/aromatic N) is 3. The van der Waals surface area contributed by atoms with E-state index in [9.17, 15) is 31.9 Å². The summed E-state index contributed by atoms with van der Waals surface area (Å²) in [4.78, 5) is 44.9. The van der Waals surface area contributed by atoms with Crippen LogP contribution in [0, 0.1) is 24.4 Å². The molecule has 9 nitrogen and oxygen atoms in total. The Morgan fingerprint density at radius 1 is 1.04 bits per heavy atom. The summed E-state index contributed by atoms with van der Waals surface area (Å²) in [6.07, 6.45) is 0.547. The zero-order valence-electron chi connectivity index (χ0n) is 27.7. The van der Waals surface area contributed by atoms with Gasteiger partial charge in [-0.15, -0.1) is 0 Å². The second-order valence-corrected chi connectivity index (χ2v) is 12.7. The Morgan fingerprint density at radius 2 is 1.73 bits per heavy atom. The Hall–Kier alpha value is -5.34. The van der Waals surface area contributed by atoms with E-state index in [1.54, 1.807) is 36.7 Å². The Morgan fingerprint density at radius 3 is 2.39 bits per heavy atom. The molecular weight excluding hydrogens is 680 g/mol. The van der Waals surface area contributed by atoms with Gasteiger partial charge in [-0.1, -0.05) is 0 Å². The molecule has 2 N–H and O–H groups in total. The van der Waals surface area contributed by atoms with Gasteiger partial charge in [0.05, 0.1) is 11.1 Å². The number of rotatable bonds is 9. The van der Waals surface area contributed by atoms with Crippen molar-refractivity contribution in [3.8, 4) is 11.1 Å². The second kappa shape index (κ2) is 13.8. The van der Waals surface area contributed by atoms with Gasteiger partial charge in [-0.2, -0.15) is 13.2 Å². The third kappa shape index (κ3) is 7.01. The highest BCUT2D eigenvalue weighted by molar-refractivity contribution is 5.98. The zero-order chi connectivity index (χ0) is 36.8. The van der Waals surface area contributed by atoms with Crippen LogP contribution in [0.1, 0.15) is 54.2 Å². The molecule has 3 aromatic heterocycles. The Bertz CT molecular complexity index is 2200. The topological polar surface area (TPSA) is 107 Å². The highest BCUT2D eigenvalue weighted by Gasteiger charge is 2.36. The molecule has 1 aliphatic rings. The number of anilines is 1. The number of alkyl halides is 3. The first-order chi connectivity index (χ1) is 24.1. The third-order valence-corrected chi connectivity index (χ3v) is 9.25. The molecule has 6 rings (SSSR count). The van der Waals surface area contributed by atoms with Gasteiger partial charge in [-0.05, 0) is 87.6 Å². The van der Waals surface area contributed by atoms with Crippen molar-refractivity contribution >= 4 is 34.1 Å². The SMILES string of the molecule is Cc1c(-c2ccc(C[C@H](NC(=O)c3c(F)cc(N[C@H](C)C(F)(F)F)cc3F)C(=O)OC3CCCC3)n3ccnc23)c(=O)n(C)c2ccc(F)cc12. The largest absolute Gasteiger partial charge is 0.461 e. The van der Waals surface area contributed by atoms with Crippen LogP contribution >= 0.6 is 0 Å². The van der Waals surface area contributed by atoms with Crippen molar-refractivity contribution in [1.29, 1.82) is 0 Å². The molecule has 0 saturated heterocycles. The number of benzene rings is 2. The van der Waals surface area contributed by atoms with Crippen LogP contribution in [-0.2, 0) is 23.0 Å². The maximum Gasteiger partial charge on any atom is 0.408 e. The number of carbonyl (C=O) groups is 2. The van der Waals surface area contributed by atoms with E-state index in [0.717, 1.165) is 19.8 Å². The Labute approximate surface area is 287 Å². The summed E-state index contributed by atoms with van der Waals surface area (Å²) in [5, 5.41) is 4.84. The lowest BCUT2D eigenvalue weighted by Gasteiger charge is -2.22. The van der Waals surface area contributed by atoms with Crippen molar-refractivity contribution in [2.24, 2.45) is 7.05 Å². The molecule has 3 heterocycles. The average molecular weight is 714 g/mol. The predicted octanol–water partition coefficient (Wildman–Crippen LogP) is 6.77. The molecule has 51 heavy (non-hydrogen) atoms. The lowest BCUT2D eigenvalue weighted by Crippen LogP contribution is -2.45. The fourth-order valence-corrected chi connectivity index (χ4v) is 6.51. The van der Waals surface area contributed by atoms with Gasteiger partial charge in [0.1, 0.15) is 46.8 Å². The first-order valence-corrected chi connectivity index (χ1v) is 16.2. The number of nitrogens with one attached hydrogen (secondary N) is 2. The molecule has 2 aromatic carbocycles. The summed E-state index contributed by atoms with van der Waals surface area (Å²) >= 11 is 0. The number of imidazole rings is 1. The van der Waals surface area contributed by atoms with E-state index in [-0.39, 0.29) is 17.5 Å². The molecule has 5 aromatic rings. The fraction of sp³-hybridized carbons (Fsp3) is 0.333. The summed E-state index contributed by atoms with van der Waals surface area (Å²) < 4.78 is 92.1. The molecule has 15 heteroatoms. The second-order valence-electron chi connectivity index (χ2n) is 12.7. The van der Waals surface area contributed by atoms with Gasteiger partial charge in [0.25, 0.3) is 11.5 Å². The summed E-state index contributed by atoms with van der Waals surface area (Å²) in [5.41, 5.74) is 0.480. The number of hydrogen-bond donors (Lipinski definition) is 2. The van der Waals surface area contributed by atoms with Crippen LogP contribution < -0.4 is 16.2 Å². The fourth-order valence-electron chi connectivity index (χ4n) is 6.51. The first kappa shape index (κ1) is 35.5. The number of esters is 1. The smallest absolute Gasteiger partial charge is 0.408 e. The van der Waals surface area contributed by atoms with Gasteiger partial charge in [0, 0.05) is 48.2 Å². The van der Waals surface area contributed by atoms with Crippen LogP contribution in [0.2, 0.25) is 0 Å². The molecular formula is C36H33F6N5O4. The van der Waals surface area contributed by atoms with Gasteiger partial charge < -0.3 is 24.3 Å². The molecule has 0 unspecified atom stereocenters. The third-order valence-electron chi connectivity index (χ3n) is 9.25. The summed E-state index contributed by atoms with van der Waals surface area (Å²) in [5.74, 6) is -5.54. The molecule has 2 atom stereocenters. The number of hydrogen-bond acceptors (Lipinski definition) is 6. The lowest BCUT2D eigenvalue weighted by molar-refractivity contribution is -0.151. The normalized spacial score (nSPS) is 14.9. The van der Waals surface area contributed by atoms with Crippen molar-refractivity contribution in [3.05, 3.63) is 99.5 Å². The average Bonchev–Trinajstić information content (AvgIpc) is 3.76. The number of carbonyl (C=O) groups excluding carboxylic acids is 2. The van der Waals surface area contributed by atoms with Gasteiger partial charge >= 0.3 is 12.1 Å². The van der Waals surface area contributed by atoms with E-state index in [4.69, 9.17) is 4.74 Å². The highest BCUT2D eigenvalue weighted by Crippen LogP contribution is 2.31. The quantitative estimate of drug-likeness (QED) is 0.129. The lowest BCUT2D eigenvalue weighted by atomic mass is 9.98. The molecule has 0 aliphatic heterocycles. The number of aryl methyl sites for hydroxylation is 2. The number of amides is 1. The van der Waals surface area contributed by atoms with Gasteiger partial charge in [0.2, 0.25) is 0 Å². The van der Waals surface area contributed by atoms with E-state index >= 15 is 8.78 Å². The predicted molar refractivity (Wildman–Crippen MR) is 177 cm³/mol. The minimum atomic E-state index is -4.70. The standard InChI is InChI=1S/C36H33F6N5O4/c1-18-25-14-20(37)8-11-29(25)46(3)34(49)30(18)24-10-9-22(47-13-12-43-32(24)47)17-28(35(50)51-23-6-4-5-7-23)45-33(48)31-26(38)15-21(16-27(31)39)44-19(2)36(40,41)42/h8-16,19,23,28,44H,4-7,17H2,1-3H3,(H,45,48)/t19-,28+/m1/s1. The number of ether oxygens (including phenoxy) is 1. The van der Waals surface area contributed by atoms with E-state index in [1.165, 1.54) is 29.0 Å². The monoisotopic (exact) mass is 713 g/mol. The van der Waals surface area contributed by atoms with Crippen LogP contribution in [0.15, 0.2) is 59.7 Å². The molecule has 0 radical (unpaired) electrons. The Kier molecular flexibility index (Phi) is 9.57. The number of pyridine rings is 2. The van der Waals surface area contributed by atoms with Crippen LogP contribution in [0.25, 0.3) is 27.7 Å². The van der Waals surface area contributed by atoms with Crippen LogP contribution in [0.5, 0.6) is 0 Å². The number of aromatic nitrogens is 3. The maximum atomic E-state index is 15.1. The number of halogens is 6. The molecule has 0 bridgehead atoms. The van der Waals surface area contributed by atoms with Crippen molar-refractivity contribution in [2.45, 2.75) is 70.3 Å².